The number of aromatic nitrogens is 3. The SMILES string of the molecule is C#Cc1ccc2[nH]c3c(C#N)c(C4CCN(C(=O)OC(C)(C)C)CC4)nn3c(=O)c2c1. The third-order valence-corrected chi connectivity index (χ3v) is 5.42. The van der Waals surface area contributed by atoms with Crippen LogP contribution in [0, 0.1) is 23.7 Å². The zero-order valence-electron chi connectivity index (χ0n) is 17.7. The van der Waals surface area contributed by atoms with Crippen LogP contribution >= 0.6 is 0 Å². The van der Waals surface area contributed by atoms with Gasteiger partial charge in [0.25, 0.3) is 5.56 Å². The van der Waals surface area contributed by atoms with Crippen molar-refractivity contribution in [3.05, 3.63) is 45.4 Å². The Hall–Kier alpha value is -3.78. The van der Waals surface area contributed by atoms with Crippen molar-refractivity contribution in [1.29, 1.82) is 5.26 Å². The van der Waals surface area contributed by atoms with Crippen LogP contribution in [0.3, 0.4) is 0 Å². The van der Waals surface area contributed by atoms with Gasteiger partial charge >= 0.3 is 6.09 Å². The lowest BCUT2D eigenvalue weighted by Crippen LogP contribution is -2.41. The second-order valence-electron chi connectivity index (χ2n) is 8.71. The van der Waals surface area contributed by atoms with Crippen LogP contribution in [0.15, 0.2) is 23.0 Å². The summed E-state index contributed by atoms with van der Waals surface area (Å²) in [5, 5.41) is 14.7. The fourth-order valence-electron chi connectivity index (χ4n) is 3.92. The molecule has 8 nitrogen and oxygen atoms in total. The quantitative estimate of drug-likeness (QED) is 0.613. The number of benzene rings is 1. The number of hydrogen-bond donors (Lipinski definition) is 1. The minimum Gasteiger partial charge on any atom is -0.444 e. The molecule has 1 saturated heterocycles. The highest BCUT2D eigenvalue weighted by Gasteiger charge is 2.31. The Kier molecular flexibility index (Phi) is 4.94. The summed E-state index contributed by atoms with van der Waals surface area (Å²) in [6.45, 7) is 6.50. The van der Waals surface area contributed by atoms with Crippen molar-refractivity contribution >= 4 is 22.6 Å². The zero-order valence-corrected chi connectivity index (χ0v) is 17.7. The van der Waals surface area contributed by atoms with Crippen molar-refractivity contribution in [3.63, 3.8) is 0 Å². The number of carbonyl (C=O) groups is 1. The van der Waals surface area contributed by atoms with E-state index in [0.717, 1.165) is 0 Å². The molecule has 1 amide bonds. The molecule has 2 aromatic heterocycles. The monoisotopic (exact) mass is 417 g/mol. The van der Waals surface area contributed by atoms with Crippen LogP contribution in [0.2, 0.25) is 0 Å². The number of carbonyl (C=O) groups excluding carboxylic acids is 1. The molecule has 0 unspecified atom stereocenters. The van der Waals surface area contributed by atoms with Crippen LogP contribution in [-0.4, -0.2) is 44.3 Å². The Morgan fingerprint density at radius 1 is 1.32 bits per heavy atom. The van der Waals surface area contributed by atoms with Gasteiger partial charge in [-0.25, -0.2) is 4.79 Å². The van der Waals surface area contributed by atoms with Gasteiger partial charge in [0.05, 0.1) is 16.6 Å². The number of nitriles is 1. The molecule has 0 bridgehead atoms. The van der Waals surface area contributed by atoms with Gasteiger partial charge in [-0.15, -0.1) is 6.42 Å². The van der Waals surface area contributed by atoms with Gasteiger partial charge in [-0.1, -0.05) is 5.92 Å². The summed E-state index contributed by atoms with van der Waals surface area (Å²) in [5.41, 5.74) is 1.63. The van der Waals surface area contributed by atoms with E-state index in [0.29, 0.717) is 59.3 Å². The summed E-state index contributed by atoms with van der Waals surface area (Å²) in [6, 6.07) is 7.32. The zero-order chi connectivity index (χ0) is 22.3. The normalized spacial score (nSPS) is 15.1. The first-order chi connectivity index (χ1) is 14.7. The number of fused-ring (bicyclic) bond motifs is 2. The van der Waals surface area contributed by atoms with Crippen LogP contribution in [0.25, 0.3) is 16.6 Å². The lowest BCUT2D eigenvalue weighted by Gasteiger charge is -2.32. The van der Waals surface area contributed by atoms with Crippen LogP contribution in [0.1, 0.15) is 56.4 Å². The fourth-order valence-corrected chi connectivity index (χ4v) is 3.92. The molecule has 1 fully saturated rings. The number of nitrogens with one attached hydrogen (secondary N) is 1. The first-order valence-electron chi connectivity index (χ1n) is 10.1. The van der Waals surface area contributed by atoms with Gasteiger partial charge in [-0.3, -0.25) is 4.79 Å². The highest BCUT2D eigenvalue weighted by Crippen LogP contribution is 2.31. The molecule has 8 heteroatoms. The van der Waals surface area contributed by atoms with Gasteiger partial charge in [0.15, 0.2) is 5.65 Å². The molecule has 4 rings (SSSR count). The molecule has 31 heavy (non-hydrogen) atoms. The number of aromatic amines is 1. The van der Waals surface area contributed by atoms with E-state index in [1.807, 2.05) is 20.8 Å². The Balaban J connectivity index is 1.68. The van der Waals surface area contributed by atoms with Crippen LogP contribution in [0.4, 0.5) is 4.79 Å². The lowest BCUT2D eigenvalue weighted by molar-refractivity contribution is 0.0204. The second kappa shape index (κ2) is 7.48. The topological polar surface area (TPSA) is 103 Å². The molecule has 1 aliphatic heterocycles. The smallest absolute Gasteiger partial charge is 0.410 e. The number of nitrogens with zero attached hydrogens (tertiary/aromatic N) is 4. The average molecular weight is 417 g/mol. The number of terminal acetylenes is 1. The van der Waals surface area contributed by atoms with Crippen LogP contribution in [0.5, 0.6) is 0 Å². The van der Waals surface area contributed by atoms with E-state index in [2.05, 4.69) is 22.1 Å². The first kappa shape index (κ1) is 20.5. The van der Waals surface area contributed by atoms with E-state index in [1.165, 1.54) is 4.52 Å². The van der Waals surface area contributed by atoms with Gasteiger partial charge in [0.1, 0.15) is 17.2 Å². The van der Waals surface area contributed by atoms with Crippen molar-refractivity contribution in [2.75, 3.05) is 13.1 Å². The largest absolute Gasteiger partial charge is 0.444 e. The molecule has 0 atom stereocenters. The molecular weight excluding hydrogens is 394 g/mol. The van der Waals surface area contributed by atoms with Crippen molar-refractivity contribution in [2.45, 2.75) is 45.1 Å². The number of hydrogen-bond acceptors (Lipinski definition) is 5. The van der Waals surface area contributed by atoms with Gasteiger partial charge in [0, 0.05) is 24.6 Å². The molecule has 1 N–H and O–H groups in total. The summed E-state index contributed by atoms with van der Waals surface area (Å²) in [4.78, 5) is 30.2. The van der Waals surface area contributed by atoms with E-state index < -0.39 is 5.60 Å². The van der Waals surface area contributed by atoms with Crippen molar-refractivity contribution in [3.8, 4) is 18.4 Å². The summed E-state index contributed by atoms with van der Waals surface area (Å²) in [7, 11) is 0. The minimum atomic E-state index is -0.550. The Labute approximate surface area is 179 Å². The Morgan fingerprint density at radius 2 is 2.03 bits per heavy atom. The maximum Gasteiger partial charge on any atom is 0.410 e. The average Bonchev–Trinajstić information content (AvgIpc) is 3.11. The predicted octanol–water partition coefficient (Wildman–Crippen LogP) is 3.14. The summed E-state index contributed by atoms with van der Waals surface area (Å²) < 4.78 is 6.69. The molecule has 0 aliphatic carbocycles. The predicted molar refractivity (Wildman–Crippen MR) is 116 cm³/mol. The Bertz CT molecular complexity index is 1320. The standard InChI is InChI=1S/C23H23N5O3/c1-5-14-6-7-18-16(12-14)21(29)28-20(25-18)17(13-24)19(26-28)15-8-10-27(11-9-15)22(30)31-23(2,3)4/h1,6-7,12,15,25H,8-11H2,2-4H3. The number of amides is 1. The molecule has 0 saturated carbocycles. The molecule has 3 heterocycles. The fraction of sp³-hybridized carbons (Fsp3) is 0.391. The number of rotatable bonds is 1. The number of H-pyrrole nitrogens is 1. The van der Waals surface area contributed by atoms with E-state index in [-0.39, 0.29) is 17.6 Å². The Morgan fingerprint density at radius 3 is 2.65 bits per heavy atom. The maximum absolute atomic E-state index is 13.0. The van der Waals surface area contributed by atoms with Gasteiger partial charge in [0.2, 0.25) is 0 Å². The molecule has 1 aromatic carbocycles. The number of piperidine rings is 1. The summed E-state index contributed by atoms with van der Waals surface area (Å²) >= 11 is 0. The first-order valence-corrected chi connectivity index (χ1v) is 10.1. The van der Waals surface area contributed by atoms with Crippen molar-refractivity contribution < 1.29 is 9.53 Å². The van der Waals surface area contributed by atoms with Crippen molar-refractivity contribution in [2.24, 2.45) is 0 Å². The molecule has 0 radical (unpaired) electrons. The van der Waals surface area contributed by atoms with E-state index >= 15 is 0 Å². The molecule has 1 aliphatic rings. The highest BCUT2D eigenvalue weighted by atomic mass is 16.6. The maximum atomic E-state index is 13.0. The molecule has 0 spiro atoms. The van der Waals surface area contributed by atoms with Crippen LogP contribution < -0.4 is 5.56 Å². The third-order valence-electron chi connectivity index (χ3n) is 5.42. The highest BCUT2D eigenvalue weighted by molar-refractivity contribution is 5.82. The van der Waals surface area contributed by atoms with E-state index in [9.17, 15) is 14.9 Å². The van der Waals surface area contributed by atoms with E-state index in [4.69, 9.17) is 11.2 Å². The third kappa shape index (κ3) is 3.73. The second-order valence-corrected chi connectivity index (χ2v) is 8.71. The number of likely N-dealkylation sites (tertiary alicyclic amines) is 1. The summed E-state index contributed by atoms with van der Waals surface area (Å²) in [5.74, 6) is 2.49. The van der Waals surface area contributed by atoms with Crippen LogP contribution in [-0.2, 0) is 4.74 Å². The summed E-state index contributed by atoms with van der Waals surface area (Å²) in [6.07, 6.45) is 6.38. The number of ether oxygens (including phenoxy) is 1. The van der Waals surface area contributed by atoms with Gasteiger partial charge in [-0.05, 0) is 51.8 Å². The van der Waals surface area contributed by atoms with Gasteiger partial charge < -0.3 is 14.6 Å². The molecular formula is C23H23N5O3. The van der Waals surface area contributed by atoms with E-state index in [1.54, 1.807) is 23.1 Å². The molecule has 158 valence electrons. The molecule has 3 aromatic rings. The minimum absolute atomic E-state index is 0.0366. The van der Waals surface area contributed by atoms with Crippen molar-refractivity contribution in [1.82, 2.24) is 19.5 Å². The van der Waals surface area contributed by atoms with Gasteiger partial charge in [-0.2, -0.15) is 14.9 Å². The lowest BCUT2D eigenvalue weighted by atomic mass is 9.91.